The van der Waals surface area contributed by atoms with Crippen molar-refractivity contribution in [3.8, 4) is 0 Å². The van der Waals surface area contributed by atoms with Crippen LogP contribution in [-0.4, -0.2) is 37.5 Å². The van der Waals surface area contributed by atoms with Crippen LogP contribution in [0.3, 0.4) is 0 Å². The monoisotopic (exact) mass is 377 g/mol. The summed E-state index contributed by atoms with van der Waals surface area (Å²) in [7, 11) is 0. The van der Waals surface area contributed by atoms with Crippen LogP contribution in [0.5, 0.6) is 0 Å². The zero-order chi connectivity index (χ0) is 15.7. The van der Waals surface area contributed by atoms with E-state index in [1.54, 1.807) is 23.1 Å². The Kier molecular flexibility index (Phi) is 6.14. The van der Waals surface area contributed by atoms with Gasteiger partial charge in [0.15, 0.2) is 0 Å². The maximum Gasteiger partial charge on any atom is 0.227 e. The van der Waals surface area contributed by atoms with E-state index < -0.39 is 0 Å². The number of hydrogen-bond acceptors (Lipinski definition) is 3. The second-order valence-electron chi connectivity index (χ2n) is 5.73. The predicted octanol–water partition coefficient (Wildman–Crippen LogP) is 2.25. The molecule has 8 heteroatoms. The molecule has 2 aliphatic heterocycles. The standard InChI is InChI=1S/C15H17Cl2N3O2.ClH/c16-10-4-11(17)6-13(5-10)20-8-9(3-14(20)21)15(22)19-12-1-2-18-7-12;/h4-6,9,12,18H,1-3,7-8H2,(H,19,22);1H. The zero-order valence-corrected chi connectivity index (χ0v) is 14.7. The molecule has 2 amide bonds. The summed E-state index contributed by atoms with van der Waals surface area (Å²) in [5.41, 5.74) is 0.639. The minimum absolute atomic E-state index is 0. The highest BCUT2D eigenvalue weighted by Crippen LogP contribution is 2.30. The van der Waals surface area contributed by atoms with Crippen molar-refractivity contribution >= 4 is 53.1 Å². The lowest BCUT2D eigenvalue weighted by molar-refractivity contribution is -0.126. The Morgan fingerprint density at radius 3 is 2.57 bits per heavy atom. The molecule has 0 saturated carbocycles. The maximum atomic E-state index is 12.3. The molecule has 0 bridgehead atoms. The lowest BCUT2D eigenvalue weighted by Gasteiger charge is -2.18. The molecule has 2 heterocycles. The van der Waals surface area contributed by atoms with Gasteiger partial charge in [0, 0.05) is 41.3 Å². The Morgan fingerprint density at radius 2 is 1.96 bits per heavy atom. The molecule has 5 nitrogen and oxygen atoms in total. The average Bonchev–Trinajstić information content (AvgIpc) is 3.07. The number of nitrogens with one attached hydrogen (secondary N) is 2. The SMILES string of the molecule is Cl.O=C(NC1CCNC1)C1CC(=O)N(c2cc(Cl)cc(Cl)c2)C1. The molecule has 2 saturated heterocycles. The van der Waals surface area contributed by atoms with E-state index in [1.807, 2.05) is 0 Å². The van der Waals surface area contributed by atoms with E-state index >= 15 is 0 Å². The molecule has 3 rings (SSSR count). The van der Waals surface area contributed by atoms with E-state index in [4.69, 9.17) is 23.2 Å². The quantitative estimate of drug-likeness (QED) is 0.848. The van der Waals surface area contributed by atoms with Crippen LogP contribution in [0.15, 0.2) is 18.2 Å². The van der Waals surface area contributed by atoms with E-state index in [1.165, 1.54) is 0 Å². The Hall–Kier alpha value is -1.01. The zero-order valence-electron chi connectivity index (χ0n) is 12.4. The van der Waals surface area contributed by atoms with Crippen LogP contribution < -0.4 is 15.5 Å². The number of halogens is 3. The number of hydrogen-bond donors (Lipinski definition) is 2. The smallest absolute Gasteiger partial charge is 0.227 e. The fraction of sp³-hybridized carbons (Fsp3) is 0.467. The molecule has 126 valence electrons. The Labute approximate surface area is 151 Å². The molecule has 2 unspecified atom stereocenters. The summed E-state index contributed by atoms with van der Waals surface area (Å²) in [6, 6.07) is 5.15. The first-order valence-corrected chi connectivity index (χ1v) is 8.06. The lowest BCUT2D eigenvalue weighted by atomic mass is 10.1. The van der Waals surface area contributed by atoms with Crippen LogP contribution in [0, 0.1) is 5.92 Å². The summed E-state index contributed by atoms with van der Waals surface area (Å²) in [5.74, 6) is -0.466. The van der Waals surface area contributed by atoms with E-state index in [9.17, 15) is 9.59 Å². The molecule has 2 atom stereocenters. The van der Waals surface area contributed by atoms with Crippen molar-refractivity contribution in [1.29, 1.82) is 0 Å². The molecular weight excluding hydrogens is 361 g/mol. The number of benzene rings is 1. The number of nitrogens with zero attached hydrogens (tertiary/aromatic N) is 1. The van der Waals surface area contributed by atoms with Crippen LogP contribution in [0.4, 0.5) is 5.69 Å². The summed E-state index contributed by atoms with van der Waals surface area (Å²) in [4.78, 5) is 26.1. The van der Waals surface area contributed by atoms with Crippen LogP contribution in [0.1, 0.15) is 12.8 Å². The molecule has 1 aromatic carbocycles. The fourth-order valence-corrected chi connectivity index (χ4v) is 3.44. The largest absolute Gasteiger partial charge is 0.352 e. The van der Waals surface area contributed by atoms with Crippen molar-refractivity contribution in [3.63, 3.8) is 0 Å². The number of carbonyl (C=O) groups excluding carboxylic acids is 2. The molecule has 0 radical (unpaired) electrons. The highest BCUT2D eigenvalue weighted by molar-refractivity contribution is 6.35. The van der Waals surface area contributed by atoms with Crippen LogP contribution in [0.2, 0.25) is 10.0 Å². The third kappa shape index (κ3) is 4.29. The molecule has 0 spiro atoms. The van der Waals surface area contributed by atoms with Crippen LogP contribution >= 0.6 is 35.6 Å². The second-order valence-corrected chi connectivity index (χ2v) is 6.60. The summed E-state index contributed by atoms with van der Waals surface area (Å²) in [6.07, 6.45) is 1.15. The third-order valence-electron chi connectivity index (χ3n) is 4.06. The molecule has 2 N–H and O–H groups in total. The Balaban J connectivity index is 0.00000192. The normalized spacial score (nSPS) is 23.7. The van der Waals surface area contributed by atoms with Crippen molar-refractivity contribution in [2.45, 2.75) is 18.9 Å². The first kappa shape index (κ1) is 18.3. The predicted molar refractivity (Wildman–Crippen MR) is 93.6 cm³/mol. The highest BCUT2D eigenvalue weighted by Gasteiger charge is 2.36. The van der Waals surface area contributed by atoms with E-state index in [-0.39, 0.29) is 42.6 Å². The number of anilines is 1. The van der Waals surface area contributed by atoms with E-state index in [0.29, 0.717) is 22.3 Å². The van der Waals surface area contributed by atoms with Gasteiger partial charge >= 0.3 is 0 Å². The first-order chi connectivity index (χ1) is 10.5. The molecule has 23 heavy (non-hydrogen) atoms. The van der Waals surface area contributed by atoms with Crippen molar-refractivity contribution in [3.05, 3.63) is 28.2 Å². The number of amides is 2. The van der Waals surface area contributed by atoms with Gasteiger partial charge in [-0.15, -0.1) is 12.4 Å². The molecule has 2 aliphatic rings. The van der Waals surface area contributed by atoms with Gasteiger partial charge in [-0.1, -0.05) is 23.2 Å². The van der Waals surface area contributed by atoms with Gasteiger partial charge in [-0.25, -0.2) is 0 Å². The average molecular weight is 379 g/mol. The van der Waals surface area contributed by atoms with Gasteiger partial charge in [0.05, 0.1) is 5.92 Å². The summed E-state index contributed by atoms with van der Waals surface area (Å²) in [6.45, 7) is 2.07. The molecular formula is C15H18Cl3N3O2. The lowest BCUT2D eigenvalue weighted by Crippen LogP contribution is -2.40. The van der Waals surface area contributed by atoms with Crippen LogP contribution in [-0.2, 0) is 9.59 Å². The summed E-state index contributed by atoms with van der Waals surface area (Å²) >= 11 is 12.0. The molecule has 0 aliphatic carbocycles. The minimum atomic E-state index is -0.328. The topological polar surface area (TPSA) is 61.4 Å². The Morgan fingerprint density at radius 1 is 1.26 bits per heavy atom. The van der Waals surface area contributed by atoms with Gasteiger partial charge in [0.2, 0.25) is 11.8 Å². The third-order valence-corrected chi connectivity index (χ3v) is 4.50. The van der Waals surface area contributed by atoms with Gasteiger partial charge in [0.25, 0.3) is 0 Å². The minimum Gasteiger partial charge on any atom is -0.352 e. The molecule has 1 aromatic rings. The highest BCUT2D eigenvalue weighted by atomic mass is 35.5. The summed E-state index contributed by atoms with van der Waals surface area (Å²) in [5, 5.41) is 7.15. The van der Waals surface area contributed by atoms with Gasteiger partial charge in [-0.2, -0.15) is 0 Å². The van der Waals surface area contributed by atoms with Crippen molar-refractivity contribution in [2.75, 3.05) is 24.5 Å². The van der Waals surface area contributed by atoms with Gasteiger partial charge < -0.3 is 15.5 Å². The molecule has 0 aromatic heterocycles. The van der Waals surface area contributed by atoms with E-state index in [0.717, 1.165) is 19.5 Å². The van der Waals surface area contributed by atoms with Crippen molar-refractivity contribution in [2.24, 2.45) is 5.92 Å². The van der Waals surface area contributed by atoms with Crippen LogP contribution in [0.25, 0.3) is 0 Å². The Bertz CT molecular complexity index is 585. The maximum absolute atomic E-state index is 12.3. The number of rotatable bonds is 3. The number of carbonyl (C=O) groups is 2. The van der Waals surface area contributed by atoms with E-state index in [2.05, 4.69) is 10.6 Å². The van der Waals surface area contributed by atoms with Crippen molar-refractivity contribution in [1.82, 2.24) is 10.6 Å². The van der Waals surface area contributed by atoms with Crippen molar-refractivity contribution < 1.29 is 9.59 Å². The fourth-order valence-electron chi connectivity index (χ4n) is 2.92. The van der Waals surface area contributed by atoms with Gasteiger partial charge in [0.1, 0.15) is 0 Å². The van der Waals surface area contributed by atoms with Gasteiger partial charge in [-0.05, 0) is 31.2 Å². The molecule has 2 fully saturated rings. The second kappa shape index (κ2) is 7.71. The van der Waals surface area contributed by atoms with Gasteiger partial charge in [-0.3, -0.25) is 9.59 Å². The first-order valence-electron chi connectivity index (χ1n) is 7.30. The summed E-state index contributed by atoms with van der Waals surface area (Å²) < 4.78 is 0.